The van der Waals surface area contributed by atoms with Crippen LogP contribution in [0.25, 0.3) is 27.7 Å². The number of halogens is 1. The lowest BCUT2D eigenvalue weighted by Crippen LogP contribution is -2.05. The smallest absolute Gasteiger partial charge is 0.331 e. The number of fused-ring (bicyclic) bond motifs is 1. The van der Waals surface area contributed by atoms with Crippen LogP contribution >= 0.6 is 0 Å². The molecule has 0 aliphatic carbocycles. The van der Waals surface area contributed by atoms with Crippen LogP contribution in [-0.2, 0) is 9.53 Å². The van der Waals surface area contributed by atoms with Gasteiger partial charge in [0.1, 0.15) is 17.1 Å². The maximum atomic E-state index is 12.8. The van der Waals surface area contributed by atoms with Crippen molar-refractivity contribution >= 4 is 22.5 Å². The van der Waals surface area contributed by atoms with Crippen LogP contribution in [-0.4, -0.2) is 25.9 Å². The average molecular weight is 467 g/mol. The first-order chi connectivity index (χ1) is 16.3. The number of furan rings is 1. The highest BCUT2D eigenvalue weighted by Gasteiger charge is 2.21. The predicted octanol–water partition coefficient (Wildman–Crippen LogP) is 8.05. The first kappa shape index (κ1) is 25.5. The third-order valence-electron chi connectivity index (χ3n) is 5.80. The molecule has 0 saturated carbocycles. The summed E-state index contributed by atoms with van der Waals surface area (Å²) in [6.45, 7) is 12.4. The summed E-state index contributed by atoms with van der Waals surface area (Å²) in [6.07, 6.45) is 1.79. The van der Waals surface area contributed by atoms with Crippen molar-refractivity contribution in [3.63, 3.8) is 0 Å². The van der Waals surface area contributed by atoms with Crippen molar-refractivity contribution in [3.8, 4) is 16.9 Å². The molecule has 0 amide bonds. The Labute approximate surface area is 201 Å². The number of ether oxygens (including phenoxy) is 2. The molecule has 34 heavy (non-hydrogen) atoms. The number of hydrogen-bond acceptors (Lipinski definition) is 4. The number of para-hydroxylation sites is 1. The van der Waals surface area contributed by atoms with E-state index in [1.165, 1.54) is 11.6 Å². The number of carbonyl (C=O) groups excluding carboxylic acids is 1. The molecule has 5 heteroatoms. The number of allylic oxidation sites excluding steroid dienone is 1. The molecule has 0 bridgehead atoms. The standard InChI is InChI=1S/C29H35FO4/c1-7-32-27(31)14-20(6)26-17-21-10-8-11-23(28(21)34-26)25-16-22(18(2)3)15-24(19(4)5)29(25)33-13-9-12-30/h8,10-11,14-19H,7,9,12-13H2,1-6H3. The van der Waals surface area contributed by atoms with Gasteiger partial charge in [0.2, 0.25) is 0 Å². The number of rotatable bonds is 10. The average Bonchev–Trinajstić information content (AvgIpc) is 3.23. The third kappa shape index (κ3) is 5.69. The lowest BCUT2D eigenvalue weighted by atomic mass is 9.89. The molecule has 0 unspecified atom stereocenters. The van der Waals surface area contributed by atoms with Crippen LogP contribution in [0.5, 0.6) is 5.75 Å². The number of esters is 1. The van der Waals surface area contributed by atoms with E-state index < -0.39 is 12.6 Å². The molecular formula is C29H35FO4. The van der Waals surface area contributed by atoms with Crippen molar-refractivity contribution in [1.82, 2.24) is 0 Å². The topological polar surface area (TPSA) is 48.7 Å². The van der Waals surface area contributed by atoms with E-state index in [2.05, 4.69) is 39.8 Å². The minimum absolute atomic E-state index is 0.235. The second-order valence-corrected chi connectivity index (χ2v) is 9.10. The van der Waals surface area contributed by atoms with Crippen molar-refractivity contribution in [2.45, 2.75) is 59.8 Å². The van der Waals surface area contributed by atoms with Gasteiger partial charge in [0, 0.05) is 29.0 Å². The van der Waals surface area contributed by atoms with Gasteiger partial charge in [-0.3, -0.25) is 4.39 Å². The molecule has 2 aromatic carbocycles. The Kier molecular flexibility index (Phi) is 8.54. The van der Waals surface area contributed by atoms with Crippen molar-refractivity contribution in [3.05, 3.63) is 59.4 Å². The summed E-state index contributed by atoms with van der Waals surface area (Å²) < 4.78 is 30.3. The summed E-state index contributed by atoms with van der Waals surface area (Å²) in [6, 6.07) is 12.3. The van der Waals surface area contributed by atoms with Crippen molar-refractivity contribution in [2.75, 3.05) is 19.9 Å². The molecule has 3 rings (SSSR count). The molecule has 0 saturated heterocycles. The van der Waals surface area contributed by atoms with E-state index in [-0.39, 0.29) is 5.92 Å². The summed E-state index contributed by atoms with van der Waals surface area (Å²) in [4.78, 5) is 11.9. The van der Waals surface area contributed by atoms with Crippen LogP contribution < -0.4 is 4.74 Å². The Morgan fingerprint density at radius 3 is 2.50 bits per heavy atom. The second-order valence-electron chi connectivity index (χ2n) is 9.10. The maximum absolute atomic E-state index is 12.8. The molecule has 1 heterocycles. The van der Waals surface area contributed by atoms with E-state index in [9.17, 15) is 9.18 Å². The van der Waals surface area contributed by atoms with Gasteiger partial charge < -0.3 is 13.9 Å². The lowest BCUT2D eigenvalue weighted by molar-refractivity contribution is -0.137. The first-order valence-corrected chi connectivity index (χ1v) is 12.0. The molecule has 0 radical (unpaired) electrons. The van der Waals surface area contributed by atoms with E-state index in [0.29, 0.717) is 36.9 Å². The minimum atomic E-state index is -0.417. The zero-order chi connectivity index (χ0) is 24.8. The molecule has 0 aliphatic heterocycles. The van der Waals surface area contributed by atoms with Gasteiger partial charge in [0.15, 0.2) is 0 Å². The predicted molar refractivity (Wildman–Crippen MR) is 136 cm³/mol. The van der Waals surface area contributed by atoms with Crippen LogP contribution in [0.1, 0.15) is 76.7 Å². The summed E-state index contributed by atoms with van der Waals surface area (Å²) in [5, 5.41) is 0.930. The van der Waals surface area contributed by atoms with Crippen LogP contribution in [0.2, 0.25) is 0 Å². The van der Waals surface area contributed by atoms with Crippen LogP contribution in [0.15, 0.2) is 46.9 Å². The van der Waals surface area contributed by atoms with E-state index in [0.717, 1.165) is 33.4 Å². The monoisotopic (exact) mass is 466 g/mol. The Morgan fingerprint density at radius 2 is 1.85 bits per heavy atom. The fourth-order valence-corrected chi connectivity index (χ4v) is 3.93. The van der Waals surface area contributed by atoms with Gasteiger partial charge in [-0.05, 0) is 54.5 Å². The Balaban J connectivity index is 2.21. The van der Waals surface area contributed by atoms with E-state index >= 15 is 0 Å². The molecule has 4 nitrogen and oxygen atoms in total. The van der Waals surface area contributed by atoms with Crippen LogP contribution in [0.3, 0.4) is 0 Å². The molecule has 0 fully saturated rings. The summed E-state index contributed by atoms with van der Waals surface area (Å²) >= 11 is 0. The molecule has 1 aromatic heterocycles. The van der Waals surface area contributed by atoms with Crippen molar-refractivity contribution in [1.29, 1.82) is 0 Å². The number of alkyl halides is 1. The number of carbonyl (C=O) groups is 1. The second kappa shape index (κ2) is 11.4. The normalized spacial score (nSPS) is 12.1. The molecule has 0 aliphatic rings. The van der Waals surface area contributed by atoms with Gasteiger partial charge in [0.25, 0.3) is 0 Å². The summed E-state index contributed by atoms with van der Waals surface area (Å²) in [5.74, 6) is 1.56. The van der Waals surface area contributed by atoms with Gasteiger partial charge >= 0.3 is 5.97 Å². The van der Waals surface area contributed by atoms with Crippen molar-refractivity contribution < 1.29 is 23.1 Å². The Bertz CT molecular complexity index is 1170. The largest absolute Gasteiger partial charge is 0.493 e. The molecule has 182 valence electrons. The molecule has 3 aromatic rings. The van der Waals surface area contributed by atoms with Crippen molar-refractivity contribution in [2.24, 2.45) is 0 Å². The van der Waals surface area contributed by atoms with Crippen LogP contribution in [0.4, 0.5) is 4.39 Å². The van der Waals surface area contributed by atoms with Crippen LogP contribution in [0, 0.1) is 0 Å². The fourth-order valence-electron chi connectivity index (χ4n) is 3.93. The number of hydrogen-bond donors (Lipinski definition) is 0. The maximum Gasteiger partial charge on any atom is 0.331 e. The minimum Gasteiger partial charge on any atom is -0.493 e. The highest BCUT2D eigenvalue weighted by Crippen LogP contribution is 2.43. The number of benzene rings is 2. The fraction of sp³-hybridized carbons (Fsp3) is 0.414. The first-order valence-electron chi connectivity index (χ1n) is 12.0. The molecule has 0 atom stereocenters. The van der Waals surface area contributed by atoms with Gasteiger partial charge in [-0.15, -0.1) is 0 Å². The summed E-state index contributed by atoms with van der Waals surface area (Å²) in [5.41, 5.74) is 5.57. The molecule has 0 N–H and O–H groups in total. The van der Waals surface area contributed by atoms with Gasteiger partial charge in [-0.1, -0.05) is 52.0 Å². The Morgan fingerprint density at radius 1 is 1.09 bits per heavy atom. The van der Waals surface area contributed by atoms with Gasteiger partial charge in [0.05, 0.1) is 19.9 Å². The Hall–Kier alpha value is -3.08. The highest BCUT2D eigenvalue weighted by atomic mass is 19.1. The lowest BCUT2D eigenvalue weighted by Gasteiger charge is -2.21. The highest BCUT2D eigenvalue weighted by molar-refractivity contribution is 5.97. The summed E-state index contributed by atoms with van der Waals surface area (Å²) in [7, 11) is 0. The molecule has 0 spiro atoms. The van der Waals surface area contributed by atoms with E-state index in [1.54, 1.807) is 6.92 Å². The van der Waals surface area contributed by atoms with E-state index in [4.69, 9.17) is 13.9 Å². The SMILES string of the molecule is CCOC(=O)C=C(C)c1cc2cccc(-c3cc(C(C)C)cc(C(C)C)c3OCCCF)c2o1. The van der Waals surface area contributed by atoms with Gasteiger partial charge in [-0.25, -0.2) is 4.79 Å². The van der Waals surface area contributed by atoms with E-state index in [1.807, 2.05) is 31.2 Å². The quantitative estimate of drug-likeness (QED) is 0.172. The zero-order valence-corrected chi connectivity index (χ0v) is 21.0. The zero-order valence-electron chi connectivity index (χ0n) is 21.0. The third-order valence-corrected chi connectivity index (χ3v) is 5.80. The molecular weight excluding hydrogens is 431 g/mol. The van der Waals surface area contributed by atoms with Gasteiger partial charge in [-0.2, -0.15) is 0 Å².